The standard InChI is InChI=1S/C6H11O/c1-6(2)4-5-7-3/h4H,1,5H2,2-3H3. The van der Waals surface area contributed by atoms with Crippen LogP contribution in [0.4, 0.5) is 0 Å². The first-order valence-corrected chi connectivity index (χ1v) is 2.25. The fraction of sp³-hybridized carbons (Fsp3) is 0.500. The molecule has 1 nitrogen and oxygen atoms in total. The fourth-order valence-corrected chi connectivity index (χ4v) is 0.226. The van der Waals surface area contributed by atoms with Gasteiger partial charge in [-0.25, -0.2) is 0 Å². The van der Waals surface area contributed by atoms with Crippen LogP contribution in [-0.4, -0.2) is 13.7 Å². The van der Waals surface area contributed by atoms with Gasteiger partial charge in [-0.05, 0) is 13.8 Å². The molecule has 0 unspecified atom stereocenters. The van der Waals surface area contributed by atoms with Gasteiger partial charge in [-0.1, -0.05) is 11.6 Å². The average Bonchev–Trinajstić information content (AvgIpc) is 1.61. The highest BCUT2D eigenvalue weighted by molar-refractivity contribution is 5.00. The molecule has 0 amide bonds. The minimum absolute atomic E-state index is 0.676. The quantitative estimate of drug-likeness (QED) is 0.508. The Morgan fingerprint density at radius 1 is 1.86 bits per heavy atom. The Kier molecular flexibility index (Phi) is 3.71. The predicted octanol–water partition coefficient (Wildman–Crippen LogP) is 1.41. The summed E-state index contributed by atoms with van der Waals surface area (Å²) in [5, 5.41) is 0. The molecule has 0 aromatic rings. The monoisotopic (exact) mass is 99.1 g/mol. The molecule has 1 radical (unpaired) electrons. The first-order valence-electron chi connectivity index (χ1n) is 2.25. The molecule has 0 spiro atoms. The van der Waals surface area contributed by atoms with E-state index in [0.29, 0.717) is 6.61 Å². The van der Waals surface area contributed by atoms with Crippen LogP contribution in [0.3, 0.4) is 0 Å². The molecule has 0 aliphatic carbocycles. The number of methoxy groups -OCH3 is 1. The van der Waals surface area contributed by atoms with Crippen molar-refractivity contribution in [1.29, 1.82) is 0 Å². The summed E-state index contributed by atoms with van der Waals surface area (Å²) in [4.78, 5) is 0. The number of allylic oxidation sites excluding steroid dienone is 1. The van der Waals surface area contributed by atoms with Crippen LogP contribution < -0.4 is 0 Å². The Hall–Kier alpha value is -0.300. The third kappa shape index (κ3) is 5.70. The van der Waals surface area contributed by atoms with Gasteiger partial charge in [0.15, 0.2) is 0 Å². The summed E-state index contributed by atoms with van der Waals surface area (Å²) in [6.07, 6.45) is 1.93. The second kappa shape index (κ2) is 3.88. The van der Waals surface area contributed by atoms with Gasteiger partial charge in [0.1, 0.15) is 0 Å². The van der Waals surface area contributed by atoms with Crippen LogP contribution in [-0.2, 0) is 4.74 Å². The van der Waals surface area contributed by atoms with Gasteiger partial charge < -0.3 is 4.74 Å². The maximum absolute atomic E-state index is 4.74. The zero-order valence-corrected chi connectivity index (χ0v) is 4.90. The second-order valence-electron chi connectivity index (χ2n) is 1.51. The molecule has 0 N–H and O–H groups in total. The van der Waals surface area contributed by atoms with E-state index < -0.39 is 0 Å². The normalized spacial score (nSPS) is 12.1. The average molecular weight is 99.2 g/mol. The molecule has 41 valence electrons. The largest absolute Gasteiger partial charge is 0.381 e. The smallest absolute Gasteiger partial charge is 0.0646 e. The van der Waals surface area contributed by atoms with E-state index in [9.17, 15) is 0 Å². The van der Waals surface area contributed by atoms with Crippen LogP contribution in [0.15, 0.2) is 11.6 Å². The molecule has 0 fully saturated rings. The molecule has 0 aromatic carbocycles. The van der Waals surface area contributed by atoms with Gasteiger partial charge in [-0.15, -0.1) is 0 Å². The lowest BCUT2D eigenvalue weighted by atomic mass is 10.3. The maximum atomic E-state index is 4.74. The second-order valence-corrected chi connectivity index (χ2v) is 1.51. The van der Waals surface area contributed by atoms with Crippen molar-refractivity contribution in [2.45, 2.75) is 6.92 Å². The molecule has 0 heterocycles. The molecular weight excluding hydrogens is 88.1 g/mol. The highest BCUT2D eigenvalue weighted by Crippen LogP contribution is 1.85. The molecule has 0 rings (SSSR count). The molecule has 0 saturated heterocycles. The molecule has 1 heteroatoms. The summed E-state index contributed by atoms with van der Waals surface area (Å²) in [6.45, 7) is 6.28. The summed E-state index contributed by atoms with van der Waals surface area (Å²) in [7, 11) is 1.67. The predicted molar refractivity (Wildman–Crippen MR) is 31.0 cm³/mol. The topological polar surface area (TPSA) is 9.23 Å². The summed E-state index contributed by atoms with van der Waals surface area (Å²) in [5.74, 6) is 0. The molecule has 0 aliphatic heterocycles. The van der Waals surface area contributed by atoms with Gasteiger partial charge in [-0.2, -0.15) is 0 Å². The lowest BCUT2D eigenvalue weighted by molar-refractivity contribution is 0.233. The van der Waals surface area contributed by atoms with Crippen LogP contribution in [0.5, 0.6) is 0 Å². The first-order chi connectivity index (χ1) is 3.27. The lowest BCUT2D eigenvalue weighted by Gasteiger charge is -1.87. The highest BCUT2D eigenvalue weighted by Gasteiger charge is 1.72. The van der Waals surface area contributed by atoms with Gasteiger partial charge in [0.05, 0.1) is 6.61 Å². The van der Waals surface area contributed by atoms with E-state index in [0.717, 1.165) is 5.57 Å². The summed E-state index contributed by atoms with van der Waals surface area (Å²) < 4.78 is 4.74. The van der Waals surface area contributed by atoms with Crippen molar-refractivity contribution in [3.63, 3.8) is 0 Å². The van der Waals surface area contributed by atoms with E-state index in [1.807, 2.05) is 13.0 Å². The molecule has 7 heavy (non-hydrogen) atoms. The van der Waals surface area contributed by atoms with Crippen LogP contribution in [0, 0.1) is 6.92 Å². The van der Waals surface area contributed by atoms with Gasteiger partial charge >= 0.3 is 0 Å². The van der Waals surface area contributed by atoms with Crippen LogP contribution in [0.2, 0.25) is 0 Å². The Morgan fingerprint density at radius 2 is 2.43 bits per heavy atom. The lowest BCUT2D eigenvalue weighted by Crippen LogP contribution is -1.81. The Morgan fingerprint density at radius 3 is 2.57 bits per heavy atom. The van der Waals surface area contributed by atoms with Crippen molar-refractivity contribution in [2.24, 2.45) is 0 Å². The van der Waals surface area contributed by atoms with Crippen LogP contribution in [0.1, 0.15) is 6.92 Å². The maximum Gasteiger partial charge on any atom is 0.0646 e. The van der Waals surface area contributed by atoms with E-state index >= 15 is 0 Å². The molecule has 0 aromatic heterocycles. The number of rotatable bonds is 2. The summed E-state index contributed by atoms with van der Waals surface area (Å²) in [6, 6.07) is 0. The van der Waals surface area contributed by atoms with E-state index in [1.165, 1.54) is 0 Å². The SMILES string of the molecule is [CH2]C(C)=CCOC. The van der Waals surface area contributed by atoms with E-state index in [2.05, 4.69) is 6.92 Å². The highest BCUT2D eigenvalue weighted by atomic mass is 16.5. The Balaban J connectivity index is 3.08. The van der Waals surface area contributed by atoms with Gasteiger partial charge in [0.25, 0.3) is 0 Å². The van der Waals surface area contributed by atoms with Gasteiger partial charge in [-0.3, -0.25) is 0 Å². The van der Waals surface area contributed by atoms with Crippen molar-refractivity contribution in [3.8, 4) is 0 Å². The van der Waals surface area contributed by atoms with Gasteiger partial charge in [0.2, 0.25) is 0 Å². The Bertz CT molecular complexity index is 60.6. The zero-order chi connectivity index (χ0) is 5.70. The molecule has 0 saturated carbocycles. The molecule has 0 aliphatic rings. The number of hydrogen-bond donors (Lipinski definition) is 0. The van der Waals surface area contributed by atoms with E-state index in [-0.39, 0.29) is 0 Å². The van der Waals surface area contributed by atoms with Gasteiger partial charge in [0, 0.05) is 7.11 Å². The molecular formula is C6H11O. The van der Waals surface area contributed by atoms with Crippen molar-refractivity contribution in [2.75, 3.05) is 13.7 Å². The molecule has 0 atom stereocenters. The van der Waals surface area contributed by atoms with Crippen LogP contribution in [0.25, 0.3) is 0 Å². The number of ether oxygens (including phenoxy) is 1. The van der Waals surface area contributed by atoms with Crippen LogP contribution >= 0.6 is 0 Å². The minimum Gasteiger partial charge on any atom is -0.381 e. The number of hydrogen-bond acceptors (Lipinski definition) is 1. The van der Waals surface area contributed by atoms with Crippen molar-refractivity contribution < 1.29 is 4.74 Å². The van der Waals surface area contributed by atoms with E-state index in [4.69, 9.17) is 4.74 Å². The third-order valence-corrected chi connectivity index (χ3v) is 0.598. The Labute approximate surface area is 45.0 Å². The summed E-state index contributed by atoms with van der Waals surface area (Å²) >= 11 is 0. The first kappa shape index (κ1) is 6.70. The minimum atomic E-state index is 0.676. The zero-order valence-electron chi connectivity index (χ0n) is 4.90. The van der Waals surface area contributed by atoms with Crippen molar-refractivity contribution in [3.05, 3.63) is 18.6 Å². The van der Waals surface area contributed by atoms with Crippen molar-refractivity contribution >= 4 is 0 Å². The summed E-state index contributed by atoms with van der Waals surface area (Å²) in [5.41, 5.74) is 1.06. The van der Waals surface area contributed by atoms with Crippen molar-refractivity contribution in [1.82, 2.24) is 0 Å². The third-order valence-electron chi connectivity index (χ3n) is 0.598. The molecule has 0 bridgehead atoms. The van der Waals surface area contributed by atoms with E-state index in [1.54, 1.807) is 7.11 Å². The fourth-order valence-electron chi connectivity index (χ4n) is 0.226.